The summed E-state index contributed by atoms with van der Waals surface area (Å²) in [4.78, 5) is 8.19. The van der Waals surface area contributed by atoms with Crippen molar-refractivity contribution in [3.05, 3.63) is 0 Å². The number of hydrogen-bond donors (Lipinski definition) is 1. The number of rotatable bonds is 0. The van der Waals surface area contributed by atoms with Gasteiger partial charge in [0.15, 0.2) is 9.04 Å². The minimum absolute atomic E-state index is 0. The van der Waals surface area contributed by atoms with Crippen LogP contribution in [-0.4, -0.2) is 19.3 Å². The van der Waals surface area contributed by atoms with E-state index in [2.05, 4.69) is 0 Å². The fraction of sp³-hybridized carbons (Fsp3) is 1.00. The molecule has 0 radical (unpaired) electrons. The topological polar surface area (TPSA) is 51.7 Å². The van der Waals surface area contributed by atoms with Crippen LogP contribution in [0.4, 0.5) is 0 Å². The first kappa shape index (κ1) is 8.93. The molecular formula is C2H10O2Si. The van der Waals surface area contributed by atoms with Gasteiger partial charge in [0.25, 0.3) is 0 Å². The molecule has 0 bridgehead atoms. The third kappa shape index (κ3) is 1010. The molecule has 0 aliphatic rings. The fourth-order valence-corrected chi connectivity index (χ4v) is 0. The monoisotopic (exact) mass is 94.0 g/mol. The van der Waals surface area contributed by atoms with Crippen LogP contribution in [0.5, 0.6) is 0 Å². The molecule has 0 aliphatic heterocycles. The van der Waals surface area contributed by atoms with Crippen molar-refractivity contribution >= 4 is 9.04 Å². The van der Waals surface area contributed by atoms with E-state index in [4.69, 9.17) is 4.80 Å². The van der Waals surface area contributed by atoms with Gasteiger partial charge in [-0.25, -0.2) is 0 Å². The Bertz CT molecular complexity index is 12.4. The summed E-state index contributed by atoms with van der Waals surface area (Å²) in [6.45, 7) is 3.72. The van der Waals surface area contributed by atoms with Crippen molar-refractivity contribution in [2.75, 3.05) is 0 Å². The summed E-state index contributed by atoms with van der Waals surface area (Å²) in [5.41, 5.74) is 0. The van der Waals surface area contributed by atoms with E-state index in [1.807, 2.05) is 13.1 Å². The first-order chi connectivity index (χ1) is 1.73. The minimum Gasteiger partial charge on any atom is -0.435 e. The van der Waals surface area contributed by atoms with Gasteiger partial charge in [-0.1, -0.05) is 0 Å². The predicted molar refractivity (Wildman–Crippen MR) is 24.7 cm³/mol. The standard InChI is InChI=1S/C2H8OSi.H2O/c1-4(2)3;/h3-4H,1-2H3;1H2. The van der Waals surface area contributed by atoms with Gasteiger partial charge in [-0.2, -0.15) is 0 Å². The first-order valence-corrected chi connectivity index (χ1v) is 4.24. The van der Waals surface area contributed by atoms with Crippen molar-refractivity contribution in [3.63, 3.8) is 0 Å². The van der Waals surface area contributed by atoms with Crippen LogP contribution in [0.15, 0.2) is 0 Å². The van der Waals surface area contributed by atoms with E-state index < -0.39 is 9.04 Å². The van der Waals surface area contributed by atoms with Gasteiger partial charge in [0, 0.05) is 0 Å². The molecule has 0 atom stereocenters. The predicted octanol–water partition coefficient (Wildman–Crippen LogP) is -0.863. The molecule has 0 spiro atoms. The maximum atomic E-state index is 8.19. The second-order valence-electron chi connectivity index (χ2n) is 1.09. The molecule has 3 N–H and O–H groups in total. The smallest absolute Gasteiger partial charge is 0.166 e. The molecule has 0 unspecified atom stereocenters. The zero-order valence-electron chi connectivity index (χ0n) is 3.52. The van der Waals surface area contributed by atoms with Crippen LogP contribution in [0.3, 0.4) is 0 Å². The Hall–Kier alpha value is 0.137. The van der Waals surface area contributed by atoms with Crippen LogP contribution in [0.25, 0.3) is 0 Å². The van der Waals surface area contributed by atoms with E-state index in [0.29, 0.717) is 0 Å². The fourth-order valence-electron chi connectivity index (χ4n) is 0. The highest BCUT2D eigenvalue weighted by atomic mass is 28.3. The molecule has 5 heavy (non-hydrogen) atoms. The second kappa shape index (κ2) is 4.14. The molecule has 0 amide bonds. The Morgan fingerprint density at radius 3 is 1.40 bits per heavy atom. The van der Waals surface area contributed by atoms with Gasteiger partial charge in [-0.05, 0) is 13.1 Å². The van der Waals surface area contributed by atoms with Gasteiger partial charge >= 0.3 is 0 Å². The Labute approximate surface area is 33.5 Å². The summed E-state index contributed by atoms with van der Waals surface area (Å²) in [5, 5.41) is 0. The van der Waals surface area contributed by atoms with Gasteiger partial charge in [0.1, 0.15) is 0 Å². The van der Waals surface area contributed by atoms with E-state index in [0.717, 1.165) is 0 Å². The average molecular weight is 94.2 g/mol. The van der Waals surface area contributed by atoms with Crippen LogP contribution in [0.2, 0.25) is 13.1 Å². The molecule has 0 saturated heterocycles. The molecule has 0 fully saturated rings. The van der Waals surface area contributed by atoms with Gasteiger partial charge in [-0.3, -0.25) is 0 Å². The lowest BCUT2D eigenvalue weighted by molar-refractivity contribution is 0.587. The lowest BCUT2D eigenvalue weighted by Gasteiger charge is -1.76. The summed E-state index contributed by atoms with van der Waals surface area (Å²) < 4.78 is 0. The van der Waals surface area contributed by atoms with Gasteiger partial charge in [0.2, 0.25) is 0 Å². The zero-order chi connectivity index (χ0) is 3.58. The van der Waals surface area contributed by atoms with Gasteiger partial charge < -0.3 is 10.3 Å². The number of hydrogen-bond acceptors (Lipinski definition) is 1. The van der Waals surface area contributed by atoms with E-state index in [1.165, 1.54) is 0 Å². The molecular weight excluding hydrogens is 84.1 g/mol. The summed E-state index contributed by atoms with van der Waals surface area (Å²) in [6.07, 6.45) is 0. The normalized spacial score (nSPS) is 7.20. The van der Waals surface area contributed by atoms with Gasteiger partial charge in [-0.15, -0.1) is 0 Å². The highest BCUT2D eigenvalue weighted by Crippen LogP contribution is 1.60. The molecule has 34 valence electrons. The highest BCUT2D eigenvalue weighted by molar-refractivity contribution is 6.46. The van der Waals surface area contributed by atoms with Gasteiger partial charge in [0.05, 0.1) is 0 Å². The van der Waals surface area contributed by atoms with Crippen molar-refractivity contribution in [1.29, 1.82) is 0 Å². The molecule has 0 heterocycles. The molecule has 0 aromatic heterocycles. The van der Waals surface area contributed by atoms with Crippen LogP contribution in [-0.2, 0) is 0 Å². The Balaban J connectivity index is 0. The molecule has 3 heteroatoms. The van der Waals surface area contributed by atoms with Crippen LogP contribution in [0, 0.1) is 0 Å². The minimum atomic E-state index is -1.14. The lowest BCUT2D eigenvalue weighted by Crippen LogP contribution is -1.93. The molecule has 0 aromatic carbocycles. The highest BCUT2D eigenvalue weighted by Gasteiger charge is 1.74. The molecule has 0 rings (SSSR count). The molecule has 2 nitrogen and oxygen atoms in total. The van der Waals surface area contributed by atoms with E-state index in [9.17, 15) is 0 Å². The van der Waals surface area contributed by atoms with Crippen LogP contribution < -0.4 is 0 Å². The van der Waals surface area contributed by atoms with E-state index in [-0.39, 0.29) is 5.48 Å². The second-order valence-corrected chi connectivity index (χ2v) is 3.28. The summed E-state index contributed by atoms with van der Waals surface area (Å²) in [7, 11) is -1.14. The van der Waals surface area contributed by atoms with Crippen molar-refractivity contribution in [1.82, 2.24) is 0 Å². The molecule has 0 aromatic rings. The summed E-state index contributed by atoms with van der Waals surface area (Å²) >= 11 is 0. The average Bonchev–Trinajstić information content (AvgIpc) is 0.811. The zero-order valence-corrected chi connectivity index (χ0v) is 4.68. The third-order valence-corrected chi connectivity index (χ3v) is 0. The van der Waals surface area contributed by atoms with E-state index in [1.54, 1.807) is 0 Å². The Kier molecular flexibility index (Phi) is 7.39. The third-order valence-electron chi connectivity index (χ3n) is 0. The first-order valence-electron chi connectivity index (χ1n) is 1.41. The molecule has 0 saturated carbocycles. The van der Waals surface area contributed by atoms with E-state index >= 15 is 0 Å². The van der Waals surface area contributed by atoms with Crippen molar-refractivity contribution in [2.45, 2.75) is 13.1 Å². The van der Waals surface area contributed by atoms with Crippen molar-refractivity contribution in [2.24, 2.45) is 0 Å². The van der Waals surface area contributed by atoms with Crippen LogP contribution in [0.1, 0.15) is 0 Å². The Morgan fingerprint density at radius 1 is 1.40 bits per heavy atom. The summed E-state index contributed by atoms with van der Waals surface area (Å²) in [5.74, 6) is 0. The maximum Gasteiger partial charge on any atom is 0.166 e. The van der Waals surface area contributed by atoms with Crippen molar-refractivity contribution in [3.8, 4) is 0 Å². The largest absolute Gasteiger partial charge is 0.435 e. The lowest BCUT2D eigenvalue weighted by atomic mass is 11.9. The quantitative estimate of drug-likeness (QED) is 0.390. The SMILES string of the molecule is C[SiH](C)O.O. The Morgan fingerprint density at radius 2 is 1.40 bits per heavy atom. The maximum absolute atomic E-state index is 8.19. The van der Waals surface area contributed by atoms with Crippen LogP contribution >= 0.6 is 0 Å². The molecule has 0 aliphatic carbocycles. The van der Waals surface area contributed by atoms with Crippen molar-refractivity contribution < 1.29 is 10.3 Å². The summed E-state index contributed by atoms with van der Waals surface area (Å²) in [6, 6.07) is 0.